The van der Waals surface area contributed by atoms with Crippen molar-refractivity contribution < 1.29 is 4.74 Å². The van der Waals surface area contributed by atoms with Gasteiger partial charge in [0, 0.05) is 33.9 Å². The molecule has 3 nitrogen and oxygen atoms in total. The van der Waals surface area contributed by atoms with E-state index >= 15 is 0 Å². The lowest BCUT2D eigenvalue weighted by atomic mass is 10.0. The summed E-state index contributed by atoms with van der Waals surface area (Å²) in [6.45, 7) is 10.8. The highest BCUT2D eigenvalue weighted by molar-refractivity contribution is 5.86. The maximum Gasteiger partial charge on any atom is 0.118 e. The SMILES string of the molecule is COc1ccc(C#Cc2ccc(N(c3ccc(C)cc3)c3cc(N(c4ccc(C)cc4)c4ccc(C)cc4)c(C)cc3C)cc2)cc1. The lowest BCUT2D eigenvalue weighted by Crippen LogP contribution is -2.15. The van der Waals surface area contributed by atoms with Crippen molar-refractivity contribution in [2.75, 3.05) is 16.9 Å². The van der Waals surface area contributed by atoms with Crippen molar-refractivity contribution in [1.29, 1.82) is 0 Å². The third kappa shape index (κ3) is 7.08. The Bertz CT molecular complexity index is 1980. The second kappa shape index (κ2) is 13.7. The molecule has 0 aliphatic rings. The van der Waals surface area contributed by atoms with Crippen LogP contribution in [0, 0.1) is 46.5 Å². The van der Waals surface area contributed by atoms with Gasteiger partial charge in [-0.05, 0) is 137 Å². The number of hydrogen-bond donors (Lipinski definition) is 0. The van der Waals surface area contributed by atoms with Gasteiger partial charge in [0.1, 0.15) is 5.75 Å². The van der Waals surface area contributed by atoms with Crippen LogP contribution < -0.4 is 14.5 Å². The minimum Gasteiger partial charge on any atom is -0.497 e. The van der Waals surface area contributed by atoms with Crippen LogP contribution in [0.4, 0.5) is 34.1 Å². The Morgan fingerprint density at radius 1 is 0.404 bits per heavy atom. The average Bonchev–Trinajstić information content (AvgIpc) is 3.09. The summed E-state index contributed by atoms with van der Waals surface area (Å²) < 4.78 is 5.28. The summed E-state index contributed by atoms with van der Waals surface area (Å²) in [6, 6.07) is 47.3. The van der Waals surface area contributed by atoms with Crippen LogP contribution in [0.1, 0.15) is 38.9 Å². The second-order valence-corrected chi connectivity index (χ2v) is 12.1. The molecule has 3 heteroatoms. The number of methoxy groups -OCH3 is 1. The van der Waals surface area contributed by atoms with Crippen molar-refractivity contribution in [3.63, 3.8) is 0 Å². The molecule has 0 aliphatic heterocycles. The summed E-state index contributed by atoms with van der Waals surface area (Å²) in [6.07, 6.45) is 0. The van der Waals surface area contributed by atoms with E-state index < -0.39 is 0 Å². The first-order valence-corrected chi connectivity index (χ1v) is 16.0. The van der Waals surface area contributed by atoms with Crippen LogP contribution in [0.5, 0.6) is 5.75 Å². The van der Waals surface area contributed by atoms with Crippen molar-refractivity contribution in [3.8, 4) is 17.6 Å². The van der Waals surface area contributed by atoms with E-state index in [4.69, 9.17) is 4.74 Å². The molecule has 0 heterocycles. The van der Waals surface area contributed by atoms with Crippen LogP contribution in [0.2, 0.25) is 0 Å². The van der Waals surface area contributed by atoms with E-state index in [1.54, 1.807) is 7.11 Å². The molecule has 0 fully saturated rings. The zero-order chi connectivity index (χ0) is 32.9. The highest BCUT2D eigenvalue weighted by Gasteiger charge is 2.21. The van der Waals surface area contributed by atoms with Gasteiger partial charge in [-0.15, -0.1) is 0 Å². The van der Waals surface area contributed by atoms with E-state index in [1.165, 1.54) is 27.8 Å². The molecule has 232 valence electrons. The van der Waals surface area contributed by atoms with Crippen molar-refractivity contribution in [1.82, 2.24) is 0 Å². The molecule has 0 aliphatic carbocycles. The highest BCUT2D eigenvalue weighted by atomic mass is 16.5. The van der Waals surface area contributed by atoms with Crippen LogP contribution in [0.15, 0.2) is 133 Å². The van der Waals surface area contributed by atoms with E-state index in [9.17, 15) is 0 Å². The van der Waals surface area contributed by atoms with Crippen LogP contribution in [-0.2, 0) is 0 Å². The largest absolute Gasteiger partial charge is 0.497 e. The quantitative estimate of drug-likeness (QED) is 0.167. The summed E-state index contributed by atoms with van der Waals surface area (Å²) in [7, 11) is 1.67. The number of ether oxygens (including phenoxy) is 1. The van der Waals surface area contributed by atoms with Crippen molar-refractivity contribution in [3.05, 3.63) is 172 Å². The van der Waals surface area contributed by atoms with Gasteiger partial charge in [0.2, 0.25) is 0 Å². The van der Waals surface area contributed by atoms with Gasteiger partial charge in [-0.2, -0.15) is 0 Å². The molecule has 0 atom stereocenters. The Kier molecular flexibility index (Phi) is 9.13. The minimum atomic E-state index is 0.825. The third-order valence-electron chi connectivity index (χ3n) is 8.44. The van der Waals surface area contributed by atoms with E-state index in [0.29, 0.717) is 0 Å². The molecule has 6 aromatic carbocycles. The van der Waals surface area contributed by atoms with Crippen molar-refractivity contribution >= 4 is 34.1 Å². The van der Waals surface area contributed by atoms with Crippen molar-refractivity contribution in [2.24, 2.45) is 0 Å². The first-order valence-electron chi connectivity index (χ1n) is 16.0. The standard InChI is InChI=1S/C44H40N2O/c1-31-7-19-38(20-8-31)45(39-21-9-32(2)10-22-39)43-30-44(35(5)29-34(43)4)46(40-23-11-33(3)12-24-40)41-25-15-36(16-26-41)13-14-37-17-27-42(47-6)28-18-37/h7-12,15-30H,1-6H3. The number of rotatable bonds is 7. The molecule has 0 saturated heterocycles. The molecule has 6 rings (SSSR count). The lowest BCUT2D eigenvalue weighted by Gasteiger charge is -2.32. The Balaban J connectivity index is 1.45. The van der Waals surface area contributed by atoms with Gasteiger partial charge in [0.15, 0.2) is 0 Å². The Hall–Kier alpha value is -5.72. The zero-order valence-electron chi connectivity index (χ0n) is 28.0. The molecular formula is C44H40N2O. The first-order chi connectivity index (χ1) is 22.8. The summed E-state index contributed by atoms with van der Waals surface area (Å²) in [4.78, 5) is 4.71. The van der Waals surface area contributed by atoms with Gasteiger partial charge in [-0.1, -0.05) is 71.0 Å². The highest BCUT2D eigenvalue weighted by Crippen LogP contribution is 2.43. The number of hydrogen-bond acceptors (Lipinski definition) is 3. The van der Waals surface area contributed by atoms with Gasteiger partial charge >= 0.3 is 0 Å². The summed E-state index contributed by atoms with van der Waals surface area (Å²) in [5.74, 6) is 7.43. The monoisotopic (exact) mass is 612 g/mol. The molecule has 47 heavy (non-hydrogen) atoms. The molecule has 0 amide bonds. The molecule has 0 bridgehead atoms. The second-order valence-electron chi connectivity index (χ2n) is 12.1. The van der Waals surface area contributed by atoms with Gasteiger partial charge in [0.25, 0.3) is 0 Å². The third-order valence-corrected chi connectivity index (χ3v) is 8.44. The smallest absolute Gasteiger partial charge is 0.118 e. The molecule has 6 aromatic rings. The fraction of sp³-hybridized carbons (Fsp3) is 0.136. The topological polar surface area (TPSA) is 15.7 Å². The normalized spacial score (nSPS) is 10.6. The lowest BCUT2D eigenvalue weighted by molar-refractivity contribution is 0.415. The molecule has 0 radical (unpaired) electrons. The van der Waals surface area contributed by atoms with Crippen LogP contribution in [-0.4, -0.2) is 7.11 Å². The molecule has 0 N–H and O–H groups in total. The average molecular weight is 613 g/mol. The Morgan fingerprint density at radius 3 is 1.06 bits per heavy atom. The first kappa shape index (κ1) is 31.3. The maximum atomic E-state index is 5.28. The summed E-state index contributed by atoms with van der Waals surface area (Å²) in [5.41, 5.74) is 14.7. The fourth-order valence-corrected chi connectivity index (χ4v) is 5.76. The molecule has 0 unspecified atom stereocenters. The summed E-state index contributed by atoms with van der Waals surface area (Å²) in [5, 5.41) is 0. The van der Waals surface area contributed by atoms with Crippen LogP contribution in [0.3, 0.4) is 0 Å². The molecule has 0 spiro atoms. The molecular weight excluding hydrogens is 572 g/mol. The molecule has 0 saturated carbocycles. The van der Waals surface area contributed by atoms with E-state index in [-0.39, 0.29) is 0 Å². The number of aryl methyl sites for hydroxylation is 5. The van der Waals surface area contributed by atoms with Crippen LogP contribution >= 0.6 is 0 Å². The minimum absolute atomic E-state index is 0.825. The van der Waals surface area contributed by atoms with Gasteiger partial charge in [-0.25, -0.2) is 0 Å². The zero-order valence-corrected chi connectivity index (χ0v) is 28.0. The number of benzene rings is 6. The summed E-state index contributed by atoms with van der Waals surface area (Å²) >= 11 is 0. The van der Waals surface area contributed by atoms with Gasteiger partial charge in [0.05, 0.1) is 18.5 Å². The van der Waals surface area contributed by atoms with E-state index in [1.807, 2.05) is 24.3 Å². The Morgan fingerprint density at radius 2 is 0.723 bits per heavy atom. The van der Waals surface area contributed by atoms with E-state index in [0.717, 1.165) is 51.0 Å². The maximum absolute atomic E-state index is 5.28. The van der Waals surface area contributed by atoms with Crippen LogP contribution in [0.25, 0.3) is 0 Å². The fourth-order valence-electron chi connectivity index (χ4n) is 5.76. The number of anilines is 6. The van der Waals surface area contributed by atoms with Gasteiger partial charge < -0.3 is 14.5 Å². The Labute approximate surface area is 279 Å². The predicted molar refractivity (Wildman–Crippen MR) is 198 cm³/mol. The van der Waals surface area contributed by atoms with Crippen molar-refractivity contribution in [2.45, 2.75) is 34.6 Å². The van der Waals surface area contributed by atoms with E-state index in [2.05, 4.69) is 165 Å². The molecule has 0 aromatic heterocycles. The number of nitrogens with zero attached hydrogens (tertiary/aromatic N) is 2. The predicted octanol–water partition coefficient (Wildman–Crippen LogP) is 11.6. The van der Waals surface area contributed by atoms with Gasteiger partial charge in [-0.3, -0.25) is 0 Å².